The molecule has 0 saturated heterocycles. The molecule has 0 aliphatic carbocycles. The standard InChI is InChI=1S/C30H23N3O3/c1-19-8-14-27(20(2)16-19)32-30(34)23-11-15-28-26(17-23)25(21-6-4-3-5-7-21)18-29(31-28)22-9-12-24(13-10-22)33(35)36/h3-18H,1-2H3,(H,32,34). The van der Waals surface area contributed by atoms with Gasteiger partial charge in [-0.15, -0.1) is 0 Å². The molecule has 1 aromatic heterocycles. The molecular weight excluding hydrogens is 450 g/mol. The zero-order chi connectivity index (χ0) is 25.2. The summed E-state index contributed by atoms with van der Waals surface area (Å²) >= 11 is 0. The van der Waals surface area contributed by atoms with E-state index in [2.05, 4.69) is 5.32 Å². The molecule has 1 heterocycles. The van der Waals surface area contributed by atoms with Gasteiger partial charge in [-0.1, -0.05) is 48.0 Å². The maximum Gasteiger partial charge on any atom is 0.269 e. The zero-order valence-corrected chi connectivity index (χ0v) is 19.9. The number of anilines is 1. The summed E-state index contributed by atoms with van der Waals surface area (Å²) in [5.41, 5.74) is 7.59. The number of pyridine rings is 1. The normalized spacial score (nSPS) is 10.8. The van der Waals surface area contributed by atoms with Crippen LogP contribution in [-0.2, 0) is 0 Å². The van der Waals surface area contributed by atoms with Crippen molar-refractivity contribution in [2.45, 2.75) is 13.8 Å². The van der Waals surface area contributed by atoms with Crippen molar-refractivity contribution < 1.29 is 9.72 Å². The fourth-order valence-electron chi connectivity index (χ4n) is 4.27. The minimum Gasteiger partial charge on any atom is -0.322 e. The van der Waals surface area contributed by atoms with E-state index in [1.807, 2.05) is 80.6 Å². The SMILES string of the molecule is Cc1ccc(NC(=O)c2ccc3nc(-c4ccc([N+](=O)[O-])cc4)cc(-c4ccccc4)c3c2)c(C)c1. The Balaban J connectivity index is 1.60. The third-order valence-electron chi connectivity index (χ3n) is 6.16. The summed E-state index contributed by atoms with van der Waals surface area (Å²) in [6.45, 7) is 3.99. The number of hydrogen-bond acceptors (Lipinski definition) is 4. The van der Waals surface area contributed by atoms with Crippen molar-refractivity contribution in [1.29, 1.82) is 0 Å². The molecule has 0 fully saturated rings. The maximum atomic E-state index is 13.1. The quantitative estimate of drug-likeness (QED) is 0.214. The van der Waals surface area contributed by atoms with Crippen LogP contribution in [0.2, 0.25) is 0 Å². The third-order valence-corrected chi connectivity index (χ3v) is 6.16. The first-order chi connectivity index (χ1) is 17.4. The minimum absolute atomic E-state index is 0.0299. The van der Waals surface area contributed by atoms with E-state index in [1.54, 1.807) is 18.2 Å². The summed E-state index contributed by atoms with van der Waals surface area (Å²) in [6, 6.07) is 29.6. The number of nitrogens with one attached hydrogen (secondary N) is 1. The number of non-ortho nitro benzene ring substituents is 1. The van der Waals surface area contributed by atoms with Gasteiger partial charge in [-0.3, -0.25) is 14.9 Å². The van der Waals surface area contributed by atoms with Crippen LogP contribution in [0.1, 0.15) is 21.5 Å². The molecule has 6 nitrogen and oxygen atoms in total. The molecule has 0 bridgehead atoms. The third kappa shape index (κ3) is 4.57. The second kappa shape index (κ2) is 9.43. The van der Waals surface area contributed by atoms with E-state index >= 15 is 0 Å². The number of nitro benzene ring substituents is 1. The molecule has 1 N–H and O–H groups in total. The molecular formula is C30H23N3O3. The van der Waals surface area contributed by atoms with Crippen LogP contribution in [0.25, 0.3) is 33.3 Å². The van der Waals surface area contributed by atoms with Crippen molar-refractivity contribution >= 4 is 28.2 Å². The lowest BCUT2D eigenvalue weighted by Gasteiger charge is -2.13. The number of amides is 1. The number of rotatable bonds is 5. The number of carbonyl (C=O) groups is 1. The molecule has 36 heavy (non-hydrogen) atoms. The number of nitrogens with zero attached hydrogens (tertiary/aromatic N) is 2. The highest BCUT2D eigenvalue weighted by Gasteiger charge is 2.15. The monoisotopic (exact) mass is 473 g/mol. The number of fused-ring (bicyclic) bond motifs is 1. The predicted octanol–water partition coefficient (Wildman–Crippen LogP) is 7.35. The van der Waals surface area contributed by atoms with Crippen LogP contribution < -0.4 is 5.32 Å². The lowest BCUT2D eigenvalue weighted by atomic mass is 9.97. The van der Waals surface area contributed by atoms with Crippen LogP contribution in [0, 0.1) is 24.0 Å². The molecule has 0 saturated carbocycles. The molecule has 0 unspecified atom stereocenters. The van der Waals surface area contributed by atoms with Gasteiger partial charge in [-0.25, -0.2) is 4.98 Å². The van der Waals surface area contributed by atoms with Gasteiger partial charge in [0.05, 0.1) is 16.1 Å². The molecule has 176 valence electrons. The fourth-order valence-corrected chi connectivity index (χ4v) is 4.27. The van der Waals surface area contributed by atoms with Gasteiger partial charge in [0.25, 0.3) is 11.6 Å². The Hall–Kier alpha value is -4.84. The van der Waals surface area contributed by atoms with E-state index in [0.29, 0.717) is 11.3 Å². The van der Waals surface area contributed by atoms with E-state index < -0.39 is 4.92 Å². The van der Waals surface area contributed by atoms with Crippen molar-refractivity contribution in [1.82, 2.24) is 4.98 Å². The molecule has 0 aliphatic rings. The summed E-state index contributed by atoms with van der Waals surface area (Å²) in [4.78, 5) is 28.6. The molecule has 4 aromatic carbocycles. The Morgan fingerprint density at radius 3 is 2.28 bits per heavy atom. The number of hydrogen-bond donors (Lipinski definition) is 1. The average molecular weight is 474 g/mol. The molecule has 0 aliphatic heterocycles. The molecule has 0 radical (unpaired) electrons. The average Bonchev–Trinajstić information content (AvgIpc) is 2.90. The van der Waals surface area contributed by atoms with E-state index in [4.69, 9.17) is 4.98 Å². The van der Waals surface area contributed by atoms with Gasteiger partial charge in [-0.05, 0) is 73.0 Å². The van der Waals surface area contributed by atoms with Gasteiger partial charge in [0, 0.05) is 34.3 Å². The van der Waals surface area contributed by atoms with Crippen molar-refractivity contribution in [2.24, 2.45) is 0 Å². The maximum absolute atomic E-state index is 13.1. The second-order valence-corrected chi connectivity index (χ2v) is 8.73. The number of benzene rings is 4. The highest BCUT2D eigenvalue weighted by molar-refractivity contribution is 6.08. The van der Waals surface area contributed by atoms with Gasteiger partial charge in [0.1, 0.15) is 0 Å². The first-order valence-electron chi connectivity index (χ1n) is 11.5. The van der Waals surface area contributed by atoms with Gasteiger partial charge in [0.2, 0.25) is 0 Å². The molecule has 1 amide bonds. The molecule has 6 heteroatoms. The Morgan fingerprint density at radius 2 is 1.58 bits per heavy atom. The number of aryl methyl sites for hydroxylation is 2. The first kappa shape index (κ1) is 22.9. The molecule has 0 atom stereocenters. The van der Waals surface area contributed by atoms with Crippen molar-refractivity contribution in [3.05, 3.63) is 124 Å². The Kier molecular flexibility index (Phi) is 6.00. The predicted molar refractivity (Wildman–Crippen MR) is 143 cm³/mol. The Bertz CT molecular complexity index is 1610. The van der Waals surface area contributed by atoms with E-state index in [9.17, 15) is 14.9 Å². The topological polar surface area (TPSA) is 85.1 Å². The second-order valence-electron chi connectivity index (χ2n) is 8.73. The summed E-state index contributed by atoms with van der Waals surface area (Å²) < 4.78 is 0. The van der Waals surface area contributed by atoms with E-state index in [-0.39, 0.29) is 11.6 Å². The summed E-state index contributed by atoms with van der Waals surface area (Å²) in [6.07, 6.45) is 0. The van der Waals surface area contributed by atoms with Gasteiger partial charge in [-0.2, -0.15) is 0 Å². The van der Waals surface area contributed by atoms with E-state index in [0.717, 1.165) is 44.4 Å². The molecule has 5 aromatic rings. The number of aromatic nitrogens is 1. The highest BCUT2D eigenvalue weighted by Crippen LogP contribution is 2.33. The largest absolute Gasteiger partial charge is 0.322 e. The van der Waals surface area contributed by atoms with Gasteiger partial charge < -0.3 is 5.32 Å². The lowest BCUT2D eigenvalue weighted by molar-refractivity contribution is -0.384. The van der Waals surface area contributed by atoms with Crippen LogP contribution in [0.5, 0.6) is 0 Å². The lowest BCUT2D eigenvalue weighted by Crippen LogP contribution is -2.12. The summed E-state index contributed by atoms with van der Waals surface area (Å²) in [5, 5.41) is 14.9. The van der Waals surface area contributed by atoms with E-state index in [1.165, 1.54) is 12.1 Å². The Morgan fingerprint density at radius 1 is 0.833 bits per heavy atom. The van der Waals surface area contributed by atoms with Crippen LogP contribution in [0.3, 0.4) is 0 Å². The van der Waals surface area contributed by atoms with Crippen LogP contribution >= 0.6 is 0 Å². The summed E-state index contributed by atoms with van der Waals surface area (Å²) in [5.74, 6) is -0.192. The first-order valence-corrected chi connectivity index (χ1v) is 11.5. The Labute approximate surface area is 208 Å². The van der Waals surface area contributed by atoms with Crippen LogP contribution in [0.4, 0.5) is 11.4 Å². The minimum atomic E-state index is -0.419. The number of nitro groups is 1. The van der Waals surface area contributed by atoms with Crippen molar-refractivity contribution in [3.63, 3.8) is 0 Å². The summed E-state index contributed by atoms with van der Waals surface area (Å²) in [7, 11) is 0. The highest BCUT2D eigenvalue weighted by atomic mass is 16.6. The van der Waals surface area contributed by atoms with Crippen molar-refractivity contribution in [3.8, 4) is 22.4 Å². The number of carbonyl (C=O) groups excluding carboxylic acids is 1. The zero-order valence-electron chi connectivity index (χ0n) is 19.9. The smallest absolute Gasteiger partial charge is 0.269 e. The van der Waals surface area contributed by atoms with Crippen LogP contribution in [-0.4, -0.2) is 15.8 Å². The van der Waals surface area contributed by atoms with Crippen LogP contribution in [0.15, 0.2) is 97.1 Å². The molecule has 5 rings (SSSR count). The van der Waals surface area contributed by atoms with Gasteiger partial charge >= 0.3 is 0 Å². The fraction of sp³-hybridized carbons (Fsp3) is 0.0667. The molecule has 0 spiro atoms. The van der Waals surface area contributed by atoms with Crippen molar-refractivity contribution in [2.75, 3.05) is 5.32 Å². The van der Waals surface area contributed by atoms with Gasteiger partial charge in [0.15, 0.2) is 0 Å².